The Balaban J connectivity index is 1.70. The fourth-order valence-corrected chi connectivity index (χ4v) is 3.16. The summed E-state index contributed by atoms with van der Waals surface area (Å²) in [6.07, 6.45) is 7.53. The van der Waals surface area contributed by atoms with Gasteiger partial charge in [-0.15, -0.1) is 5.10 Å². The van der Waals surface area contributed by atoms with Crippen LogP contribution in [0.15, 0.2) is 12.1 Å². The van der Waals surface area contributed by atoms with Crippen LogP contribution in [-0.2, 0) is 0 Å². The Bertz CT molecular complexity index is 383. The second-order valence-electron chi connectivity index (χ2n) is 5.65. The van der Waals surface area contributed by atoms with Gasteiger partial charge in [-0.2, -0.15) is 5.10 Å². The Morgan fingerprint density at radius 3 is 2.56 bits per heavy atom. The topological polar surface area (TPSA) is 55.0 Å². The van der Waals surface area contributed by atoms with Gasteiger partial charge in [0.2, 0.25) is 0 Å². The minimum atomic E-state index is 0.287. The molecule has 1 saturated heterocycles. The number of aromatic nitrogens is 2. The molecule has 1 unspecified atom stereocenters. The zero-order valence-electron chi connectivity index (χ0n) is 10.9. The molecule has 2 aliphatic rings. The number of anilines is 1. The number of rotatable bonds is 2. The lowest BCUT2D eigenvalue weighted by atomic mass is 10.0. The van der Waals surface area contributed by atoms with Gasteiger partial charge in [0.05, 0.1) is 5.69 Å². The summed E-state index contributed by atoms with van der Waals surface area (Å²) in [6, 6.07) is 4.58. The summed E-state index contributed by atoms with van der Waals surface area (Å²) >= 11 is 0. The van der Waals surface area contributed by atoms with E-state index >= 15 is 0 Å². The van der Waals surface area contributed by atoms with Crippen LogP contribution in [0.1, 0.15) is 50.1 Å². The quantitative estimate of drug-likeness (QED) is 0.868. The van der Waals surface area contributed by atoms with Crippen LogP contribution < -0.4 is 10.6 Å². The Hall–Kier alpha value is -1.16. The standard InChI is InChI=1S/C14H22N4/c15-12-6-3-9-18(10-12)14-8-7-13(16-17-14)11-4-1-2-5-11/h7-8,11-12H,1-6,9-10,15H2. The van der Waals surface area contributed by atoms with Crippen molar-refractivity contribution in [3.8, 4) is 0 Å². The predicted molar refractivity (Wildman–Crippen MR) is 72.7 cm³/mol. The molecule has 0 radical (unpaired) electrons. The number of nitrogens with two attached hydrogens (primary N) is 1. The fraction of sp³-hybridized carbons (Fsp3) is 0.714. The smallest absolute Gasteiger partial charge is 0.151 e. The van der Waals surface area contributed by atoms with Crippen LogP contribution in [0.2, 0.25) is 0 Å². The first-order valence-electron chi connectivity index (χ1n) is 7.17. The minimum absolute atomic E-state index is 0.287. The molecule has 0 amide bonds. The van der Waals surface area contributed by atoms with Gasteiger partial charge in [0.1, 0.15) is 0 Å². The molecule has 3 rings (SSSR count). The third-order valence-corrected chi connectivity index (χ3v) is 4.23. The molecule has 98 valence electrons. The van der Waals surface area contributed by atoms with Crippen LogP contribution in [0.3, 0.4) is 0 Å². The van der Waals surface area contributed by atoms with Gasteiger partial charge in [0, 0.05) is 25.0 Å². The molecular weight excluding hydrogens is 224 g/mol. The SMILES string of the molecule is NC1CCCN(c2ccc(C3CCCC3)nn2)C1. The lowest BCUT2D eigenvalue weighted by Gasteiger charge is -2.31. The van der Waals surface area contributed by atoms with Gasteiger partial charge < -0.3 is 10.6 Å². The maximum absolute atomic E-state index is 6.00. The summed E-state index contributed by atoms with van der Waals surface area (Å²) < 4.78 is 0. The first-order chi connectivity index (χ1) is 8.83. The van der Waals surface area contributed by atoms with E-state index in [9.17, 15) is 0 Å². The molecule has 1 aromatic heterocycles. The third-order valence-electron chi connectivity index (χ3n) is 4.23. The van der Waals surface area contributed by atoms with Crippen molar-refractivity contribution >= 4 is 5.82 Å². The molecule has 1 saturated carbocycles. The first-order valence-corrected chi connectivity index (χ1v) is 7.17. The molecule has 18 heavy (non-hydrogen) atoms. The lowest BCUT2D eigenvalue weighted by Crippen LogP contribution is -2.43. The molecular formula is C14H22N4. The third kappa shape index (κ3) is 2.48. The molecule has 0 spiro atoms. The normalized spacial score (nSPS) is 25.6. The zero-order chi connectivity index (χ0) is 12.4. The molecule has 4 heteroatoms. The zero-order valence-corrected chi connectivity index (χ0v) is 10.9. The van der Waals surface area contributed by atoms with Crippen molar-refractivity contribution < 1.29 is 0 Å². The van der Waals surface area contributed by atoms with E-state index in [0.29, 0.717) is 5.92 Å². The second-order valence-corrected chi connectivity index (χ2v) is 5.65. The van der Waals surface area contributed by atoms with Gasteiger partial charge in [0.15, 0.2) is 5.82 Å². The van der Waals surface area contributed by atoms with Gasteiger partial charge in [-0.05, 0) is 37.8 Å². The van der Waals surface area contributed by atoms with E-state index in [1.165, 1.54) is 31.4 Å². The number of nitrogens with zero attached hydrogens (tertiary/aromatic N) is 3. The van der Waals surface area contributed by atoms with Gasteiger partial charge in [-0.25, -0.2) is 0 Å². The summed E-state index contributed by atoms with van der Waals surface area (Å²) in [4.78, 5) is 2.26. The number of piperidine rings is 1. The molecule has 2 fully saturated rings. The summed E-state index contributed by atoms with van der Waals surface area (Å²) in [5, 5.41) is 8.83. The molecule has 0 aromatic carbocycles. The largest absolute Gasteiger partial charge is 0.354 e. The van der Waals surface area contributed by atoms with Crippen molar-refractivity contribution in [2.45, 2.75) is 50.5 Å². The second kappa shape index (κ2) is 5.22. The highest BCUT2D eigenvalue weighted by molar-refractivity contribution is 5.38. The van der Waals surface area contributed by atoms with Gasteiger partial charge in [-0.3, -0.25) is 0 Å². The van der Waals surface area contributed by atoms with Gasteiger partial charge >= 0.3 is 0 Å². The molecule has 0 bridgehead atoms. The molecule has 4 nitrogen and oxygen atoms in total. The highest BCUT2D eigenvalue weighted by atomic mass is 15.3. The van der Waals surface area contributed by atoms with E-state index < -0.39 is 0 Å². The Morgan fingerprint density at radius 2 is 1.89 bits per heavy atom. The molecule has 1 aromatic rings. The lowest BCUT2D eigenvalue weighted by molar-refractivity contribution is 0.501. The van der Waals surface area contributed by atoms with E-state index in [4.69, 9.17) is 5.73 Å². The predicted octanol–water partition coefficient (Wildman–Crippen LogP) is 2.06. The summed E-state index contributed by atoms with van der Waals surface area (Å²) in [6.45, 7) is 1.97. The average Bonchev–Trinajstić information content (AvgIpc) is 2.93. The van der Waals surface area contributed by atoms with Crippen molar-refractivity contribution in [1.82, 2.24) is 10.2 Å². The number of hydrogen-bond donors (Lipinski definition) is 1. The van der Waals surface area contributed by atoms with E-state index in [1.807, 2.05) is 0 Å². The Kier molecular flexibility index (Phi) is 3.46. The monoisotopic (exact) mass is 246 g/mol. The van der Waals surface area contributed by atoms with Crippen LogP contribution in [0.25, 0.3) is 0 Å². The average molecular weight is 246 g/mol. The van der Waals surface area contributed by atoms with Crippen molar-refractivity contribution in [2.24, 2.45) is 5.73 Å². The van der Waals surface area contributed by atoms with Crippen LogP contribution >= 0.6 is 0 Å². The van der Waals surface area contributed by atoms with Crippen LogP contribution in [0.4, 0.5) is 5.82 Å². The first kappa shape index (κ1) is 11.9. The highest BCUT2D eigenvalue weighted by Crippen LogP contribution is 2.33. The minimum Gasteiger partial charge on any atom is -0.354 e. The maximum Gasteiger partial charge on any atom is 0.151 e. The van der Waals surface area contributed by atoms with Crippen LogP contribution in [-0.4, -0.2) is 29.3 Å². The molecule has 1 aliphatic carbocycles. The van der Waals surface area contributed by atoms with Crippen molar-refractivity contribution in [3.63, 3.8) is 0 Å². The Labute approximate surface area is 109 Å². The fourth-order valence-electron chi connectivity index (χ4n) is 3.16. The van der Waals surface area contributed by atoms with Crippen molar-refractivity contribution in [2.75, 3.05) is 18.0 Å². The number of hydrogen-bond acceptors (Lipinski definition) is 4. The summed E-state index contributed by atoms with van der Waals surface area (Å²) in [5.41, 5.74) is 7.18. The van der Waals surface area contributed by atoms with Gasteiger partial charge in [-0.1, -0.05) is 12.8 Å². The van der Waals surface area contributed by atoms with E-state index in [1.54, 1.807) is 0 Å². The molecule has 1 aliphatic heterocycles. The molecule has 2 heterocycles. The van der Waals surface area contributed by atoms with E-state index in [-0.39, 0.29) is 6.04 Å². The van der Waals surface area contributed by atoms with E-state index in [2.05, 4.69) is 27.2 Å². The van der Waals surface area contributed by atoms with Gasteiger partial charge in [0.25, 0.3) is 0 Å². The van der Waals surface area contributed by atoms with Crippen molar-refractivity contribution in [1.29, 1.82) is 0 Å². The Morgan fingerprint density at radius 1 is 1.06 bits per heavy atom. The maximum atomic E-state index is 6.00. The summed E-state index contributed by atoms with van der Waals surface area (Å²) in [7, 11) is 0. The van der Waals surface area contributed by atoms with Crippen LogP contribution in [0, 0.1) is 0 Å². The van der Waals surface area contributed by atoms with Crippen LogP contribution in [0.5, 0.6) is 0 Å². The highest BCUT2D eigenvalue weighted by Gasteiger charge is 2.21. The molecule has 1 atom stereocenters. The van der Waals surface area contributed by atoms with E-state index in [0.717, 1.165) is 31.7 Å². The van der Waals surface area contributed by atoms with Crippen molar-refractivity contribution in [3.05, 3.63) is 17.8 Å². The molecule has 2 N–H and O–H groups in total. The summed E-state index contributed by atoms with van der Waals surface area (Å²) in [5.74, 6) is 1.64.